The highest BCUT2D eigenvalue weighted by Crippen LogP contribution is 2.05. The van der Waals surface area contributed by atoms with E-state index in [9.17, 15) is 4.79 Å². The van der Waals surface area contributed by atoms with Crippen LogP contribution in [0.15, 0.2) is 21.9 Å². The monoisotopic (exact) mass is 194 g/mol. The number of carbonyl (C=O) groups excluding carboxylic acids is 1. The average Bonchev–Trinajstić information content (AvgIpc) is 2.59. The Kier molecular flexibility index (Phi) is 3.58. The molecule has 0 saturated carbocycles. The zero-order chi connectivity index (χ0) is 10.4. The highest BCUT2D eigenvalue weighted by atomic mass is 16.3. The van der Waals surface area contributed by atoms with Gasteiger partial charge in [-0.2, -0.15) is 0 Å². The van der Waals surface area contributed by atoms with Crippen molar-refractivity contribution in [3.05, 3.63) is 34.1 Å². The number of rotatable bonds is 4. The molecule has 0 spiro atoms. The molecule has 0 radical (unpaired) electrons. The van der Waals surface area contributed by atoms with E-state index < -0.39 is 0 Å². The average molecular weight is 194 g/mol. The Balaban J connectivity index is 2.39. The van der Waals surface area contributed by atoms with Crippen LogP contribution in [0.5, 0.6) is 0 Å². The first-order valence-electron chi connectivity index (χ1n) is 4.08. The van der Waals surface area contributed by atoms with E-state index in [1.165, 1.54) is 6.26 Å². The first kappa shape index (κ1) is 10.1. The lowest BCUT2D eigenvalue weighted by Crippen LogP contribution is -2.25. The van der Waals surface area contributed by atoms with Crippen molar-refractivity contribution < 1.29 is 9.21 Å². The second-order valence-electron chi connectivity index (χ2n) is 2.66. The number of hydrogen-bond acceptors (Lipinski definition) is 3. The van der Waals surface area contributed by atoms with Crippen LogP contribution in [0.1, 0.15) is 16.1 Å². The van der Waals surface area contributed by atoms with Gasteiger partial charge in [0.25, 0.3) is 5.91 Å². The van der Waals surface area contributed by atoms with Gasteiger partial charge in [0.1, 0.15) is 12.0 Å². The first-order valence-corrected chi connectivity index (χ1v) is 4.08. The quantitative estimate of drug-likeness (QED) is 0.341. The highest BCUT2D eigenvalue weighted by Gasteiger charge is 2.06. The van der Waals surface area contributed by atoms with Gasteiger partial charge in [0.2, 0.25) is 0 Å². The molecule has 6 nitrogen and oxygen atoms in total. The maximum absolute atomic E-state index is 11.3. The van der Waals surface area contributed by atoms with Crippen molar-refractivity contribution >= 4 is 5.91 Å². The van der Waals surface area contributed by atoms with Crippen molar-refractivity contribution in [3.8, 4) is 0 Å². The summed E-state index contributed by atoms with van der Waals surface area (Å²) in [7, 11) is 0. The van der Waals surface area contributed by atoms with Crippen LogP contribution in [0.3, 0.4) is 0 Å². The Morgan fingerprint density at radius 3 is 3.14 bits per heavy atom. The summed E-state index contributed by atoms with van der Waals surface area (Å²) in [6.07, 6.45) is 1.39. The minimum atomic E-state index is -0.227. The lowest BCUT2D eigenvalue weighted by molar-refractivity contribution is 0.0954. The van der Waals surface area contributed by atoms with E-state index >= 15 is 0 Å². The Bertz CT molecular complexity index is 365. The minimum absolute atomic E-state index is 0.227. The van der Waals surface area contributed by atoms with Gasteiger partial charge in [0, 0.05) is 18.0 Å². The predicted molar refractivity (Wildman–Crippen MR) is 49.8 cm³/mol. The standard InChI is InChI=1S/C8H10N4O2/c1-6-4-7(5-14-6)8(13)10-2-3-11-12-9/h4-5H,2-3H2,1H3,(H,10,13). The van der Waals surface area contributed by atoms with Crippen molar-refractivity contribution in [2.45, 2.75) is 6.92 Å². The van der Waals surface area contributed by atoms with Crippen molar-refractivity contribution in [1.82, 2.24) is 5.32 Å². The van der Waals surface area contributed by atoms with Gasteiger partial charge in [0.05, 0.1) is 5.56 Å². The topological polar surface area (TPSA) is 91.0 Å². The number of carbonyl (C=O) groups is 1. The van der Waals surface area contributed by atoms with E-state index in [0.717, 1.165) is 0 Å². The van der Waals surface area contributed by atoms with Crippen LogP contribution in [-0.2, 0) is 0 Å². The van der Waals surface area contributed by atoms with E-state index in [2.05, 4.69) is 15.3 Å². The summed E-state index contributed by atoms with van der Waals surface area (Å²) in [4.78, 5) is 13.9. The molecule has 0 atom stereocenters. The second-order valence-corrected chi connectivity index (χ2v) is 2.66. The van der Waals surface area contributed by atoms with E-state index in [1.54, 1.807) is 13.0 Å². The molecule has 1 aromatic heterocycles. The Morgan fingerprint density at radius 2 is 2.57 bits per heavy atom. The van der Waals surface area contributed by atoms with Crippen LogP contribution in [0.25, 0.3) is 10.4 Å². The molecule has 0 unspecified atom stereocenters. The third-order valence-corrected chi connectivity index (χ3v) is 1.55. The van der Waals surface area contributed by atoms with Crippen LogP contribution >= 0.6 is 0 Å². The molecule has 0 aliphatic rings. The molecule has 1 rings (SSSR count). The van der Waals surface area contributed by atoms with E-state index in [-0.39, 0.29) is 12.5 Å². The number of amides is 1. The summed E-state index contributed by atoms with van der Waals surface area (Å²) in [5.41, 5.74) is 8.46. The number of hydrogen-bond donors (Lipinski definition) is 1. The van der Waals surface area contributed by atoms with Crippen molar-refractivity contribution in [3.63, 3.8) is 0 Å². The molecular weight excluding hydrogens is 184 g/mol. The van der Waals surface area contributed by atoms with Gasteiger partial charge in [-0.1, -0.05) is 5.11 Å². The number of furan rings is 1. The van der Waals surface area contributed by atoms with E-state index in [4.69, 9.17) is 9.95 Å². The third kappa shape index (κ3) is 2.84. The molecule has 74 valence electrons. The van der Waals surface area contributed by atoms with Crippen molar-refractivity contribution in [2.75, 3.05) is 13.1 Å². The largest absolute Gasteiger partial charge is 0.469 e. The Morgan fingerprint density at radius 1 is 1.79 bits per heavy atom. The summed E-state index contributed by atoms with van der Waals surface area (Å²) in [6, 6.07) is 1.64. The smallest absolute Gasteiger partial charge is 0.254 e. The zero-order valence-corrected chi connectivity index (χ0v) is 7.73. The molecule has 0 fully saturated rings. The molecule has 1 N–H and O–H groups in total. The van der Waals surface area contributed by atoms with Crippen LogP contribution in [0, 0.1) is 6.92 Å². The van der Waals surface area contributed by atoms with Gasteiger partial charge in [-0.25, -0.2) is 0 Å². The lowest BCUT2D eigenvalue weighted by atomic mass is 10.3. The fourth-order valence-electron chi connectivity index (χ4n) is 0.929. The van der Waals surface area contributed by atoms with Gasteiger partial charge in [-0.05, 0) is 18.5 Å². The lowest BCUT2D eigenvalue weighted by Gasteiger charge is -1.98. The molecule has 0 aromatic carbocycles. The van der Waals surface area contributed by atoms with Crippen LogP contribution in [-0.4, -0.2) is 19.0 Å². The normalized spacial score (nSPS) is 9.21. The van der Waals surface area contributed by atoms with Gasteiger partial charge in [-0.3, -0.25) is 4.79 Å². The number of nitrogens with zero attached hydrogens (tertiary/aromatic N) is 3. The third-order valence-electron chi connectivity index (χ3n) is 1.55. The summed E-state index contributed by atoms with van der Waals surface area (Å²) in [5, 5.41) is 5.87. The fraction of sp³-hybridized carbons (Fsp3) is 0.375. The Labute approximate surface area is 80.5 Å². The molecule has 1 amide bonds. The summed E-state index contributed by atoms with van der Waals surface area (Å²) in [5.74, 6) is 0.459. The van der Waals surface area contributed by atoms with Crippen LogP contribution in [0.4, 0.5) is 0 Å². The summed E-state index contributed by atoms with van der Waals surface area (Å²) < 4.78 is 4.97. The van der Waals surface area contributed by atoms with E-state index in [1.807, 2.05) is 0 Å². The SMILES string of the molecule is Cc1cc(C(=O)NCCN=[N+]=[N-])co1. The molecule has 1 aromatic rings. The van der Waals surface area contributed by atoms with E-state index in [0.29, 0.717) is 17.9 Å². The molecule has 0 aliphatic heterocycles. The van der Waals surface area contributed by atoms with Gasteiger partial charge < -0.3 is 9.73 Å². The maximum atomic E-state index is 11.3. The molecule has 14 heavy (non-hydrogen) atoms. The van der Waals surface area contributed by atoms with Crippen LogP contribution in [0.2, 0.25) is 0 Å². The summed E-state index contributed by atoms with van der Waals surface area (Å²) in [6.45, 7) is 2.34. The van der Waals surface area contributed by atoms with Crippen LogP contribution < -0.4 is 5.32 Å². The minimum Gasteiger partial charge on any atom is -0.469 e. The van der Waals surface area contributed by atoms with Crippen molar-refractivity contribution in [2.24, 2.45) is 5.11 Å². The number of azide groups is 1. The van der Waals surface area contributed by atoms with Crippen molar-refractivity contribution in [1.29, 1.82) is 0 Å². The Hall–Kier alpha value is -1.94. The van der Waals surface area contributed by atoms with Gasteiger partial charge >= 0.3 is 0 Å². The molecular formula is C8H10N4O2. The molecule has 0 aliphatic carbocycles. The van der Waals surface area contributed by atoms with Gasteiger partial charge in [0.15, 0.2) is 0 Å². The second kappa shape index (κ2) is 4.94. The fourth-order valence-corrected chi connectivity index (χ4v) is 0.929. The number of nitrogens with one attached hydrogen (secondary N) is 1. The predicted octanol–water partition coefficient (Wildman–Crippen LogP) is 1.63. The first-order chi connectivity index (χ1) is 6.74. The molecule has 0 saturated heterocycles. The zero-order valence-electron chi connectivity index (χ0n) is 7.73. The molecule has 1 heterocycles. The molecule has 6 heteroatoms. The number of aryl methyl sites for hydroxylation is 1. The highest BCUT2D eigenvalue weighted by molar-refractivity contribution is 5.93. The molecule has 0 bridgehead atoms. The van der Waals surface area contributed by atoms with Gasteiger partial charge in [-0.15, -0.1) is 0 Å². The maximum Gasteiger partial charge on any atom is 0.254 e. The summed E-state index contributed by atoms with van der Waals surface area (Å²) >= 11 is 0.